The third-order valence-corrected chi connectivity index (χ3v) is 11.0. The van der Waals surface area contributed by atoms with Gasteiger partial charge in [0.05, 0.1) is 5.92 Å². The monoisotopic (exact) mass is 746 g/mol. The zero-order valence-electron chi connectivity index (χ0n) is 32.6. The van der Waals surface area contributed by atoms with Crippen molar-refractivity contribution >= 4 is 40.3 Å². The predicted octanol–water partition coefficient (Wildman–Crippen LogP) is 7.02. The molecule has 6 atom stereocenters. The lowest BCUT2D eigenvalue weighted by Gasteiger charge is -2.37. The van der Waals surface area contributed by atoms with E-state index in [0.717, 1.165) is 6.21 Å². The van der Waals surface area contributed by atoms with Crippen LogP contribution in [-0.4, -0.2) is 77.9 Å². The molecule has 4 rings (SSSR count). The standard InChI is InChI=1S/C42H54N2O10/c1-11-19(7)33(41(51)52)43-15-25-31-23(27(17(3)4)39(49)35(25)45)13-21(9)29(37(31)47)30-22(10)14-24-28(18(5)6)40(50)36(46)26(32(24)38(30)48)16-44-34(42(53)54)20(8)12-2/h13-20,31,33-34,39,43,46-50H,11-12H2,1-10H3,(H,51,52)(H,53,54)/b25-15-,44-16?/t19-,20+,31?,33-,34+,39?/m1/s1. The van der Waals surface area contributed by atoms with Gasteiger partial charge in [-0.3, -0.25) is 9.79 Å². The molecule has 0 radical (unpaired) electrons. The number of hydrogen-bond acceptors (Lipinski definition) is 10. The Morgan fingerprint density at radius 3 is 2.02 bits per heavy atom. The van der Waals surface area contributed by atoms with Crippen LogP contribution < -0.4 is 5.32 Å². The number of rotatable bonds is 13. The van der Waals surface area contributed by atoms with Gasteiger partial charge in [-0.1, -0.05) is 80.4 Å². The summed E-state index contributed by atoms with van der Waals surface area (Å²) in [7, 11) is 0. The summed E-state index contributed by atoms with van der Waals surface area (Å²) in [6, 6.07) is -0.543. The number of aryl methyl sites for hydroxylation is 1. The molecule has 12 nitrogen and oxygen atoms in total. The number of benzene rings is 2. The first-order chi connectivity index (χ1) is 25.2. The molecule has 2 aromatic rings. The average molecular weight is 747 g/mol. The van der Waals surface area contributed by atoms with Gasteiger partial charge in [-0.2, -0.15) is 0 Å². The molecule has 0 amide bonds. The molecule has 0 saturated carbocycles. The first-order valence-electron chi connectivity index (χ1n) is 18.5. The second kappa shape index (κ2) is 16.1. The number of hydrogen-bond donors (Lipinski definition) is 8. The molecular formula is C42H54N2O10. The van der Waals surface area contributed by atoms with Crippen LogP contribution in [0.1, 0.15) is 103 Å². The molecule has 12 heteroatoms. The Morgan fingerprint density at radius 2 is 1.50 bits per heavy atom. The van der Waals surface area contributed by atoms with Crippen LogP contribution in [0.2, 0.25) is 0 Å². The number of ketones is 1. The number of carbonyl (C=O) groups is 3. The number of phenols is 3. The zero-order chi connectivity index (χ0) is 40.7. The van der Waals surface area contributed by atoms with Crippen LogP contribution in [-0.2, 0) is 14.4 Å². The van der Waals surface area contributed by atoms with Gasteiger partial charge in [-0.05, 0) is 65.2 Å². The summed E-state index contributed by atoms with van der Waals surface area (Å²) in [5.41, 5.74) is 2.30. The van der Waals surface area contributed by atoms with Gasteiger partial charge >= 0.3 is 11.9 Å². The normalized spacial score (nSPS) is 20.9. The highest BCUT2D eigenvalue weighted by Gasteiger charge is 2.44. The van der Waals surface area contributed by atoms with Gasteiger partial charge < -0.3 is 41.1 Å². The Bertz CT molecular complexity index is 2030. The minimum atomic E-state index is -1.54. The summed E-state index contributed by atoms with van der Waals surface area (Å²) in [4.78, 5) is 42.5. The molecule has 292 valence electrons. The fourth-order valence-corrected chi connectivity index (χ4v) is 7.71. The number of aromatic hydroxyl groups is 3. The summed E-state index contributed by atoms with van der Waals surface area (Å²) in [5, 5.41) is 81.7. The maximum atomic E-state index is 13.9. The van der Waals surface area contributed by atoms with Crippen molar-refractivity contribution in [1.82, 2.24) is 5.32 Å². The Labute approximate surface area is 316 Å². The lowest BCUT2D eigenvalue weighted by atomic mass is 9.68. The molecule has 0 bridgehead atoms. The number of nitrogens with zero attached hydrogens (tertiary/aromatic N) is 1. The van der Waals surface area contributed by atoms with Crippen LogP contribution >= 0.6 is 0 Å². The number of carboxylic acids is 2. The number of aliphatic imine (C=N–C) groups is 1. The van der Waals surface area contributed by atoms with Gasteiger partial charge in [0.25, 0.3) is 0 Å². The first-order valence-corrected chi connectivity index (χ1v) is 18.5. The predicted molar refractivity (Wildman–Crippen MR) is 208 cm³/mol. The van der Waals surface area contributed by atoms with E-state index in [9.17, 15) is 50.1 Å². The third kappa shape index (κ3) is 7.23. The maximum Gasteiger partial charge on any atom is 0.328 e. The Hall–Kier alpha value is -5.10. The van der Waals surface area contributed by atoms with Gasteiger partial charge in [0, 0.05) is 45.6 Å². The van der Waals surface area contributed by atoms with E-state index < -0.39 is 59.1 Å². The molecule has 2 unspecified atom stereocenters. The van der Waals surface area contributed by atoms with Crippen molar-refractivity contribution in [1.29, 1.82) is 0 Å². The molecule has 0 saturated heterocycles. The third-order valence-electron chi connectivity index (χ3n) is 11.0. The van der Waals surface area contributed by atoms with Gasteiger partial charge in [-0.25, -0.2) is 9.59 Å². The number of aliphatic hydroxyl groups is 2. The number of allylic oxidation sites excluding steroid dienone is 4. The largest absolute Gasteiger partial charge is 0.511 e. The first kappa shape index (κ1) is 41.7. The molecule has 2 aromatic carbocycles. The number of carbonyl (C=O) groups excluding carboxylic acids is 1. The molecular weight excluding hydrogens is 692 g/mol. The van der Waals surface area contributed by atoms with Gasteiger partial charge in [-0.15, -0.1) is 0 Å². The highest BCUT2D eigenvalue weighted by atomic mass is 16.4. The van der Waals surface area contributed by atoms with Crippen LogP contribution in [0.4, 0.5) is 0 Å². The van der Waals surface area contributed by atoms with E-state index in [-0.39, 0.29) is 57.1 Å². The van der Waals surface area contributed by atoms with Gasteiger partial charge in [0.1, 0.15) is 29.7 Å². The van der Waals surface area contributed by atoms with Crippen molar-refractivity contribution in [3.05, 3.63) is 68.6 Å². The minimum absolute atomic E-state index is 0.0598. The molecule has 0 spiro atoms. The second-order valence-corrected chi connectivity index (χ2v) is 15.3. The molecule has 0 heterocycles. The highest BCUT2D eigenvalue weighted by molar-refractivity contribution is 6.12. The number of nitrogens with one attached hydrogen (secondary N) is 1. The van der Waals surface area contributed by atoms with E-state index in [2.05, 4.69) is 10.3 Å². The van der Waals surface area contributed by atoms with Gasteiger partial charge in [0.15, 0.2) is 17.3 Å². The van der Waals surface area contributed by atoms with E-state index in [4.69, 9.17) is 0 Å². The van der Waals surface area contributed by atoms with Crippen LogP contribution in [0.15, 0.2) is 51.4 Å². The lowest BCUT2D eigenvalue weighted by molar-refractivity contribution is -0.141. The van der Waals surface area contributed by atoms with E-state index in [1.54, 1.807) is 53.7 Å². The Kier molecular flexibility index (Phi) is 12.4. The number of aliphatic carboxylic acids is 2. The van der Waals surface area contributed by atoms with Crippen molar-refractivity contribution in [3.8, 4) is 17.2 Å². The van der Waals surface area contributed by atoms with Crippen molar-refractivity contribution in [3.63, 3.8) is 0 Å². The summed E-state index contributed by atoms with van der Waals surface area (Å²) in [6.07, 6.45) is 3.63. The summed E-state index contributed by atoms with van der Waals surface area (Å²) >= 11 is 0. The van der Waals surface area contributed by atoms with Gasteiger partial charge in [0.2, 0.25) is 0 Å². The molecule has 2 aliphatic rings. The van der Waals surface area contributed by atoms with Crippen LogP contribution in [0.3, 0.4) is 0 Å². The van der Waals surface area contributed by atoms with Crippen molar-refractivity contribution in [2.75, 3.05) is 0 Å². The van der Waals surface area contributed by atoms with Crippen LogP contribution in [0, 0.1) is 30.6 Å². The number of phenolic OH excluding ortho intramolecular Hbond substituents is 3. The Morgan fingerprint density at radius 1 is 0.889 bits per heavy atom. The van der Waals surface area contributed by atoms with E-state index >= 15 is 0 Å². The molecule has 2 aliphatic carbocycles. The number of Topliss-reactive ketones (excluding diaryl/α,β-unsaturated/α-hetero) is 1. The van der Waals surface area contributed by atoms with Crippen molar-refractivity contribution < 1.29 is 50.1 Å². The molecule has 0 aromatic heterocycles. The minimum Gasteiger partial charge on any atom is -0.511 e. The summed E-state index contributed by atoms with van der Waals surface area (Å²) in [6.45, 7) is 17.8. The molecule has 0 aliphatic heterocycles. The van der Waals surface area contributed by atoms with Crippen molar-refractivity contribution in [2.45, 2.75) is 106 Å². The topological polar surface area (TPSA) is 217 Å². The number of fused-ring (bicyclic) bond motifs is 2. The lowest BCUT2D eigenvalue weighted by Crippen LogP contribution is -2.42. The number of carboxylic acid groups (broad SMARTS) is 2. The van der Waals surface area contributed by atoms with Crippen LogP contribution in [0.25, 0.3) is 16.3 Å². The average Bonchev–Trinajstić information content (AvgIpc) is 3.08. The maximum absolute atomic E-state index is 13.9. The quantitative estimate of drug-likeness (QED) is 0.0592. The molecule has 8 N–H and O–H groups in total. The van der Waals surface area contributed by atoms with E-state index in [0.29, 0.717) is 46.1 Å². The summed E-state index contributed by atoms with van der Waals surface area (Å²) in [5.74, 6) is -7.26. The highest BCUT2D eigenvalue weighted by Crippen LogP contribution is 2.53. The van der Waals surface area contributed by atoms with E-state index in [1.165, 1.54) is 6.20 Å². The molecule has 54 heavy (non-hydrogen) atoms. The smallest absolute Gasteiger partial charge is 0.328 e. The molecule has 0 fully saturated rings. The van der Waals surface area contributed by atoms with Crippen LogP contribution in [0.5, 0.6) is 17.2 Å². The summed E-state index contributed by atoms with van der Waals surface area (Å²) < 4.78 is 0. The fraction of sp³-hybridized carbons (Fsp3) is 0.476. The zero-order valence-corrected chi connectivity index (χ0v) is 32.6. The fourth-order valence-electron chi connectivity index (χ4n) is 7.71. The Balaban J connectivity index is 2.12. The second-order valence-electron chi connectivity index (χ2n) is 15.3. The van der Waals surface area contributed by atoms with Crippen molar-refractivity contribution in [2.24, 2.45) is 28.7 Å². The SMILES string of the molecule is CC[C@@H](C)[C@@H](N/C=C1\C(=O)C(O)C(C(C)C)=C2C=C(C)C(c3c(C)cc4c(C(C)C)c(O)c(O)c(C=N[C@H](C(=O)O)[C@@H](C)CC)c4c3O)=C(O)C21)C(=O)O. The number of aliphatic hydroxyl groups excluding tert-OH is 2. The van der Waals surface area contributed by atoms with E-state index in [1.807, 2.05) is 27.7 Å².